The quantitative estimate of drug-likeness (QED) is 0.762. The second-order valence-corrected chi connectivity index (χ2v) is 7.54. The lowest BCUT2D eigenvalue weighted by Crippen LogP contribution is -2.49. The highest BCUT2D eigenvalue weighted by molar-refractivity contribution is 5.93. The molecule has 1 aliphatic carbocycles. The van der Waals surface area contributed by atoms with Crippen LogP contribution in [0.1, 0.15) is 42.6 Å². The molecular weight excluding hydrogens is 364 g/mol. The summed E-state index contributed by atoms with van der Waals surface area (Å²) in [7, 11) is 0. The lowest BCUT2D eigenvalue weighted by Gasteiger charge is -2.35. The second-order valence-electron chi connectivity index (χ2n) is 7.54. The number of aromatic nitrogens is 3. The van der Waals surface area contributed by atoms with Crippen LogP contribution in [-0.2, 0) is 0 Å². The van der Waals surface area contributed by atoms with E-state index in [1.807, 2.05) is 23.1 Å². The van der Waals surface area contributed by atoms with Crippen molar-refractivity contribution in [2.75, 3.05) is 42.9 Å². The van der Waals surface area contributed by atoms with Gasteiger partial charge in [0.15, 0.2) is 0 Å². The minimum Gasteiger partial charge on any atom is -0.370 e. The number of amides is 1. The Hall–Kier alpha value is -2.96. The summed E-state index contributed by atoms with van der Waals surface area (Å²) in [5, 5.41) is 3.34. The zero-order valence-electron chi connectivity index (χ0n) is 16.8. The Morgan fingerprint density at radius 2 is 1.97 bits per heavy atom. The van der Waals surface area contributed by atoms with Gasteiger partial charge in [-0.05, 0) is 44.2 Å². The fraction of sp³-hybridized carbons (Fsp3) is 0.455. The minimum absolute atomic E-state index is 0.0360. The minimum atomic E-state index is -0.0360. The van der Waals surface area contributed by atoms with E-state index in [-0.39, 0.29) is 5.91 Å². The topological polar surface area (TPSA) is 74.2 Å². The molecule has 0 radical (unpaired) electrons. The number of allylic oxidation sites excluding steroid dienone is 1. The normalized spacial score (nSPS) is 17.0. The van der Waals surface area contributed by atoms with Gasteiger partial charge < -0.3 is 15.1 Å². The molecule has 0 unspecified atom stereocenters. The van der Waals surface area contributed by atoms with Crippen LogP contribution in [0.25, 0.3) is 0 Å². The maximum atomic E-state index is 12.9. The van der Waals surface area contributed by atoms with E-state index in [0.717, 1.165) is 31.9 Å². The molecular formula is C22H28N6O. The third-order valence-corrected chi connectivity index (χ3v) is 5.56. The number of hydrogen-bond acceptors (Lipinski definition) is 6. The van der Waals surface area contributed by atoms with E-state index in [1.165, 1.54) is 37.6 Å². The van der Waals surface area contributed by atoms with Gasteiger partial charge in [0.2, 0.25) is 0 Å². The van der Waals surface area contributed by atoms with Crippen LogP contribution in [0.2, 0.25) is 0 Å². The third kappa shape index (κ3) is 5.10. The molecule has 152 valence electrons. The molecule has 2 aromatic heterocycles. The Labute approximate surface area is 171 Å². The van der Waals surface area contributed by atoms with Crippen LogP contribution in [0.4, 0.5) is 11.6 Å². The first kappa shape index (κ1) is 19.4. The molecule has 1 fully saturated rings. The average molecular weight is 393 g/mol. The van der Waals surface area contributed by atoms with Crippen LogP contribution in [0.3, 0.4) is 0 Å². The number of nitrogens with one attached hydrogen (secondary N) is 1. The van der Waals surface area contributed by atoms with Gasteiger partial charge in [-0.1, -0.05) is 17.7 Å². The van der Waals surface area contributed by atoms with Crippen LogP contribution in [-0.4, -0.2) is 58.5 Å². The summed E-state index contributed by atoms with van der Waals surface area (Å²) in [4.78, 5) is 29.8. The van der Waals surface area contributed by atoms with Gasteiger partial charge in [0.05, 0.1) is 0 Å². The van der Waals surface area contributed by atoms with E-state index >= 15 is 0 Å². The van der Waals surface area contributed by atoms with Crippen molar-refractivity contribution >= 4 is 17.5 Å². The van der Waals surface area contributed by atoms with Crippen LogP contribution in [0.15, 0.2) is 48.4 Å². The van der Waals surface area contributed by atoms with Crippen molar-refractivity contribution in [2.45, 2.75) is 32.1 Å². The van der Waals surface area contributed by atoms with E-state index in [4.69, 9.17) is 0 Å². The SMILES string of the molecule is O=C(c1cc(NCCC2=CCCCC2)ncn1)N1CCN(c2ccccn2)CC1. The van der Waals surface area contributed by atoms with Crippen molar-refractivity contribution in [3.63, 3.8) is 0 Å². The first-order chi connectivity index (χ1) is 14.3. The fourth-order valence-electron chi connectivity index (χ4n) is 3.90. The van der Waals surface area contributed by atoms with Gasteiger partial charge in [-0.3, -0.25) is 4.79 Å². The first-order valence-electron chi connectivity index (χ1n) is 10.5. The summed E-state index contributed by atoms with van der Waals surface area (Å²) in [5.41, 5.74) is 1.98. The molecule has 4 rings (SSSR count). The number of carbonyl (C=O) groups is 1. The number of anilines is 2. The summed E-state index contributed by atoms with van der Waals surface area (Å²) in [6.07, 6.45) is 11.7. The summed E-state index contributed by atoms with van der Waals surface area (Å²) in [6.45, 7) is 3.70. The lowest BCUT2D eigenvalue weighted by molar-refractivity contribution is 0.0740. The molecule has 7 heteroatoms. The van der Waals surface area contributed by atoms with Gasteiger partial charge in [-0.2, -0.15) is 0 Å². The lowest BCUT2D eigenvalue weighted by atomic mass is 9.97. The predicted octanol–water partition coefficient (Wildman–Crippen LogP) is 3.14. The Morgan fingerprint density at radius 3 is 2.72 bits per heavy atom. The van der Waals surface area contributed by atoms with Gasteiger partial charge >= 0.3 is 0 Å². The molecule has 2 aliphatic rings. The number of hydrogen-bond donors (Lipinski definition) is 1. The number of piperazine rings is 1. The summed E-state index contributed by atoms with van der Waals surface area (Å²) >= 11 is 0. The molecule has 3 heterocycles. The van der Waals surface area contributed by atoms with Gasteiger partial charge in [-0.15, -0.1) is 0 Å². The van der Waals surface area contributed by atoms with E-state index in [9.17, 15) is 4.79 Å². The van der Waals surface area contributed by atoms with Crippen LogP contribution in [0.5, 0.6) is 0 Å². The molecule has 1 amide bonds. The highest BCUT2D eigenvalue weighted by Crippen LogP contribution is 2.20. The van der Waals surface area contributed by atoms with Crippen molar-refractivity contribution in [3.05, 3.63) is 54.1 Å². The largest absolute Gasteiger partial charge is 0.370 e. The van der Waals surface area contributed by atoms with E-state index < -0.39 is 0 Å². The standard InChI is InChI=1S/C22H28N6O/c29-22(28-14-12-27(13-15-28)21-8-4-5-10-24-21)19-16-20(26-17-25-19)23-11-9-18-6-2-1-3-7-18/h4-6,8,10,16-17H,1-3,7,9,11-15H2,(H,23,25,26). The Morgan fingerprint density at radius 1 is 1.07 bits per heavy atom. The van der Waals surface area contributed by atoms with E-state index in [1.54, 1.807) is 12.3 Å². The molecule has 7 nitrogen and oxygen atoms in total. The first-order valence-corrected chi connectivity index (χ1v) is 10.5. The second kappa shape index (κ2) is 9.49. The number of nitrogens with zero attached hydrogens (tertiary/aromatic N) is 5. The molecule has 0 atom stereocenters. The maximum absolute atomic E-state index is 12.9. The molecule has 0 bridgehead atoms. The molecule has 2 aromatic rings. The fourth-order valence-corrected chi connectivity index (χ4v) is 3.90. The van der Waals surface area contributed by atoms with Crippen molar-refractivity contribution in [1.82, 2.24) is 19.9 Å². The summed E-state index contributed by atoms with van der Waals surface area (Å²) in [6, 6.07) is 7.67. The van der Waals surface area contributed by atoms with Gasteiger partial charge in [0.1, 0.15) is 23.7 Å². The van der Waals surface area contributed by atoms with Crippen molar-refractivity contribution in [1.29, 1.82) is 0 Å². The van der Waals surface area contributed by atoms with E-state index in [0.29, 0.717) is 24.6 Å². The summed E-state index contributed by atoms with van der Waals surface area (Å²) < 4.78 is 0. The van der Waals surface area contributed by atoms with Gasteiger partial charge in [-0.25, -0.2) is 15.0 Å². The number of rotatable bonds is 6. The molecule has 0 aromatic carbocycles. The Kier molecular flexibility index (Phi) is 6.34. The maximum Gasteiger partial charge on any atom is 0.272 e. The average Bonchev–Trinajstić information content (AvgIpc) is 2.80. The Bertz CT molecular complexity index is 845. The number of pyridine rings is 1. The molecule has 0 saturated carbocycles. The zero-order valence-corrected chi connectivity index (χ0v) is 16.8. The molecule has 29 heavy (non-hydrogen) atoms. The van der Waals surface area contributed by atoms with E-state index in [2.05, 4.69) is 31.2 Å². The zero-order chi connectivity index (χ0) is 19.9. The third-order valence-electron chi connectivity index (χ3n) is 5.56. The van der Waals surface area contributed by atoms with Crippen molar-refractivity contribution in [3.8, 4) is 0 Å². The molecule has 1 N–H and O–H groups in total. The molecule has 1 saturated heterocycles. The molecule has 1 aliphatic heterocycles. The van der Waals surface area contributed by atoms with Crippen molar-refractivity contribution < 1.29 is 4.79 Å². The highest BCUT2D eigenvalue weighted by atomic mass is 16.2. The van der Waals surface area contributed by atoms with Crippen LogP contribution in [0, 0.1) is 0 Å². The van der Waals surface area contributed by atoms with Gasteiger partial charge in [0.25, 0.3) is 5.91 Å². The predicted molar refractivity (Wildman–Crippen MR) is 114 cm³/mol. The highest BCUT2D eigenvalue weighted by Gasteiger charge is 2.23. The number of carbonyl (C=O) groups excluding carboxylic acids is 1. The van der Waals surface area contributed by atoms with Crippen LogP contribution >= 0.6 is 0 Å². The van der Waals surface area contributed by atoms with Crippen molar-refractivity contribution in [2.24, 2.45) is 0 Å². The smallest absolute Gasteiger partial charge is 0.272 e. The Balaban J connectivity index is 1.30. The van der Waals surface area contributed by atoms with Crippen LogP contribution < -0.4 is 10.2 Å². The monoisotopic (exact) mass is 392 g/mol. The molecule has 0 spiro atoms. The van der Waals surface area contributed by atoms with Gasteiger partial charge in [0, 0.05) is 45.0 Å². The summed E-state index contributed by atoms with van der Waals surface area (Å²) in [5.74, 6) is 1.64.